The molecule has 0 aliphatic carbocycles. The molecule has 0 saturated carbocycles. The molecule has 0 spiro atoms. The maximum Gasteiger partial charge on any atom is 0.422 e. The Morgan fingerprint density at radius 1 is 1.25 bits per heavy atom. The molecule has 0 aliphatic rings. The second kappa shape index (κ2) is 8.77. The number of alkyl halides is 3. The summed E-state index contributed by atoms with van der Waals surface area (Å²) in [5.41, 5.74) is 1.20. The zero-order valence-electron chi connectivity index (χ0n) is 15.1. The van der Waals surface area contributed by atoms with Crippen molar-refractivity contribution in [1.29, 1.82) is 0 Å². The van der Waals surface area contributed by atoms with Crippen LogP contribution in [0.15, 0.2) is 24.4 Å². The smallest absolute Gasteiger partial charge is 0.422 e. The Bertz CT molecular complexity index is 885. The van der Waals surface area contributed by atoms with Gasteiger partial charge in [0.25, 0.3) is 11.8 Å². The Morgan fingerprint density at radius 2 is 1.96 bits per heavy atom. The number of hydrogen-bond acceptors (Lipinski definition) is 5. The SMILES string of the molecule is CC(=O)Cc1cc(C(=O)NCc2cc(F)c(OCC(F)(F)F)nc2C)ccn1. The second-order valence-corrected chi connectivity index (χ2v) is 6.02. The van der Waals surface area contributed by atoms with Crippen LogP contribution in [0.5, 0.6) is 5.88 Å². The number of rotatable bonds is 7. The lowest BCUT2D eigenvalue weighted by atomic mass is 10.1. The lowest BCUT2D eigenvalue weighted by Gasteiger charge is -2.12. The van der Waals surface area contributed by atoms with Gasteiger partial charge in [0.2, 0.25) is 0 Å². The molecular weight excluding hydrogens is 382 g/mol. The Kier molecular flexibility index (Phi) is 6.66. The van der Waals surface area contributed by atoms with Crippen molar-refractivity contribution in [2.45, 2.75) is 33.0 Å². The number of ether oxygens (including phenoxy) is 1. The molecule has 2 heterocycles. The molecule has 1 amide bonds. The van der Waals surface area contributed by atoms with Gasteiger partial charge in [0, 0.05) is 36.1 Å². The van der Waals surface area contributed by atoms with Crippen LogP contribution in [-0.2, 0) is 17.8 Å². The quantitative estimate of drug-likeness (QED) is 0.724. The predicted molar refractivity (Wildman–Crippen MR) is 90.3 cm³/mol. The summed E-state index contributed by atoms with van der Waals surface area (Å²) in [6.45, 7) is 1.11. The Labute approximate surface area is 157 Å². The second-order valence-electron chi connectivity index (χ2n) is 6.02. The van der Waals surface area contributed by atoms with Crippen LogP contribution in [0.4, 0.5) is 17.6 Å². The highest BCUT2D eigenvalue weighted by molar-refractivity contribution is 5.94. The minimum absolute atomic E-state index is 0.0920. The zero-order valence-corrected chi connectivity index (χ0v) is 15.1. The zero-order chi connectivity index (χ0) is 20.9. The van der Waals surface area contributed by atoms with E-state index < -0.39 is 30.4 Å². The minimum Gasteiger partial charge on any atom is -0.466 e. The molecule has 0 fully saturated rings. The van der Waals surface area contributed by atoms with E-state index in [0.717, 1.165) is 6.07 Å². The van der Waals surface area contributed by atoms with Gasteiger partial charge in [-0.3, -0.25) is 14.6 Å². The third-order valence-corrected chi connectivity index (χ3v) is 3.56. The van der Waals surface area contributed by atoms with E-state index in [0.29, 0.717) is 5.69 Å². The van der Waals surface area contributed by atoms with E-state index in [2.05, 4.69) is 20.0 Å². The first-order valence-electron chi connectivity index (χ1n) is 8.13. The van der Waals surface area contributed by atoms with E-state index in [1.54, 1.807) is 0 Å². The Hall–Kier alpha value is -3.04. The number of nitrogens with zero attached hydrogens (tertiary/aromatic N) is 2. The molecule has 150 valence electrons. The number of pyridine rings is 2. The van der Waals surface area contributed by atoms with Gasteiger partial charge in [-0.2, -0.15) is 13.2 Å². The largest absolute Gasteiger partial charge is 0.466 e. The summed E-state index contributed by atoms with van der Waals surface area (Å²) in [5, 5.41) is 2.56. The number of aryl methyl sites for hydroxylation is 1. The highest BCUT2D eigenvalue weighted by Crippen LogP contribution is 2.21. The van der Waals surface area contributed by atoms with E-state index in [1.165, 1.54) is 32.2 Å². The normalized spacial score (nSPS) is 11.2. The average Bonchev–Trinajstić information content (AvgIpc) is 2.59. The van der Waals surface area contributed by atoms with Crippen molar-refractivity contribution in [1.82, 2.24) is 15.3 Å². The van der Waals surface area contributed by atoms with Crippen LogP contribution in [0.1, 0.15) is 34.2 Å². The molecule has 0 atom stereocenters. The maximum absolute atomic E-state index is 13.9. The third-order valence-electron chi connectivity index (χ3n) is 3.56. The molecule has 10 heteroatoms. The molecule has 1 N–H and O–H groups in total. The van der Waals surface area contributed by atoms with E-state index in [1.807, 2.05) is 0 Å². The van der Waals surface area contributed by atoms with Gasteiger partial charge < -0.3 is 10.1 Å². The first-order valence-corrected chi connectivity index (χ1v) is 8.13. The first-order chi connectivity index (χ1) is 13.0. The van der Waals surface area contributed by atoms with E-state index in [-0.39, 0.29) is 35.6 Å². The summed E-state index contributed by atoms with van der Waals surface area (Å²) < 4.78 is 54.8. The Morgan fingerprint density at radius 3 is 2.61 bits per heavy atom. The van der Waals surface area contributed by atoms with Crippen LogP contribution >= 0.6 is 0 Å². The number of hydrogen-bond donors (Lipinski definition) is 1. The van der Waals surface area contributed by atoms with Crippen molar-refractivity contribution in [2.24, 2.45) is 0 Å². The molecule has 0 aliphatic heterocycles. The summed E-state index contributed by atoms with van der Waals surface area (Å²) in [6.07, 6.45) is -3.12. The molecule has 6 nitrogen and oxygen atoms in total. The van der Waals surface area contributed by atoms with Crippen molar-refractivity contribution in [3.63, 3.8) is 0 Å². The topological polar surface area (TPSA) is 81.2 Å². The van der Waals surface area contributed by atoms with E-state index in [4.69, 9.17) is 0 Å². The molecule has 0 bridgehead atoms. The summed E-state index contributed by atoms with van der Waals surface area (Å²) in [5.74, 6) is -2.40. The van der Waals surface area contributed by atoms with Gasteiger partial charge in [-0.1, -0.05) is 0 Å². The third kappa shape index (κ3) is 6.29. The number of nitrogens with one attached hydrogen (secondary N) is 1. The summed E-state index contributed by atoms with van der Waals surface area (Å²) in [4.78, 5) is 31.1. The van der Waals surface area contributed by atoms with Gasteiger partial charge in [-0.15, -0.1) is 0 Å². The number of aromatic nitrogens is 2. The highest BCUT2D eigenvalue weighted by Gasteiger charge is 2.29. The van der Waals surface area contributed by atoms with E-state index >= 15 is 0 Å². The molecule has 2 aromatic rings. The van der Waals surface area contributed by atoms with Gasteiger partial charge >= 0.3 is 6.18 Å². The molecule has 0 aromatic carbocycles. The number of amides is 1. The van der Waals surface area contributed by atoms with Crippen LogP contribution in [-0.4, -0.2) is 34.4 Å². The molecule has 0 radical (unpaired) electrons. The fourth-order valence-electron chi connectivity index (χ4n) is 2.28. The van der Waals surface area contributed by atoms with Crippen LogP contribution in [0, 0.1) is 12.7 Å². The number of carbonyl (C=O) groups excluding carboxylic acids is 2. The summed E-state index contributed by atoms with van der Waals surface area (Å²) in [7, 11) is 0. The van der Waals surface area contributed by atoms with Crippen molar-refractivity contribution in [3.05, 3.63) is 52.7 Å². The summed E-state index contributed by atoms with van der Waals surface area (Å²) >= 11 is 0. The average molecular weight is 399 g/mol. The monoisotopic (exact) mass is 399 g/mol. The number of ketones is 1. The van der Waals surface area contributed by atoms with Crippen molar-refractivity contribution < 1.29 is 31.9 Å². The summed E-state index contributed by atoms with van der Waals surface area (Å²) in [6, 6.07) is 3.89. The molecule has 0 saturated heterocycles. The highest BCUT2D eigenvalue weighted by atomic mass is 19.4. The van der Waals surface area contributed by atoms with Gasteiger partial charge in [0.05, 0.1) is 0 Å². The lowest BCUT2D eigenvalue weighted by Crippen LogP contribution is -2.24. The predicted octanol–water partition coefficient (Wildman–Crippen LogP) is 2.93. The Balaban J connectivity index is 2.05. The molecule has 0 unspecified atom stereocenters. The van der Waals surface area contributed by atoms with Gasteiger partial charge in [-0.25, -0.2) is 9.37 Å². The van der Waals surface area contributed by atoms with Crippen molar-refractivity contribution in [3.8, 4) is 5.88 Å². The van der Waals surface area contributed by atoms with Crippen LogP contribution in [0.3, 0.4) is 0 Å². The van der Waals surface area contributed by atoms with Gasteiger partial charge in [-0.05, 0) is 37.6 Å². The molecule has 2 aromatic heterocycles. The number of carbonyl (C=O) groups is 2. The van der Waals surface area contributed by atoms with Gasteiger partial charge in [0.1, 0.15) is 5.78 Å². The van der Waals surface area contributed by atoms with Crippen LogP contribution < -0.4 is 10.1 Å². The lowest BCUT2D eigenvalue weighted by molar-refractivity contribution is -0.154. The molecule has 28 heavy (non-hydrogen) atoms. The molecular formula is C18H17F4N3O3. The minimum atomic E-state index is -4.61. The standard InChI is InChI=1S/C18H17F4N3O3/c1-10(26)5-14-6-12(3-4-23-14)16(27)24-8-13-7-15(19)17(25-11(13)2)28-9-18(20,21)22/h3-4,6-7H,5,8-9H2,1-2H3,(H,24,27). The van der Waals surface area contributed by atoms with Crippen LogP contribution in [0.2, 0.25) is 0 Å². The molecule has 2 rings (SSSR count). The van der Waals surface area contributed by atoms with Crippen LogP contribution in [0.25, 0.3) is 0 Å². The first kappa shape index (κ1) is 21.3. The van der Waals surface area contributed by atoms with Gasteiger partial charge in [0.15, 0.2) is 12.4 Å². The fraction of sp³-hybridized carbons (Fsp3) is 0.333. The number of halogens is 4. The number of Topliss-reactive ketones (excluding diaryl/α,β-unsaturated/α-hetero) is 1. The maximum atomic E-state index is 13.9. The van der Waals surface area contributed by atoms with Crippen molar-refractivity contribution in [2.75, 3.05) is 6.61 Å². The fourth-order valence-corrected chi connectivity index (χ4v) is 2.28. The van der Waals surface area contributed by atoms with Crippen molar-refractivity contribution >= 4 is 11.7 Å². The van der Waals surface area contributed by atoms with E-state index in [9.17, 15) is 27.2 Å².